The van der Waals surface area contributed by atoms with Crippen LogP contribution in [0.4, 0.5) is 0 Å². The summed E-state index contributed by atoms with van der Waals surface area (Å²) in [7, 11) is 0. The average molecular weight is 192 g/mol. The zero-order chi connectivity index (χ0) is 10.4. The highest BCUT2D eigenvalue weighted by molar-refractivity contribution is 4.97. The van der Waals surface area contributed by atoms with Gasteiger partial charge in [0.05, 0.1) is 12.6 Å². The fourth-order valence-corrected chi connectivity index (χ4v) is 1.13. The van der Waals surface area contributed by atoms with Gasteiger partial charge in [0.25, 0.3) is 0 Å². The van der Waals surface area contributed by atoms with Gasteiger partial charge in [-0.15, -0.1) is 6.42 Å². The van der Waals surface area contributed by atoms with E-state index >= 15 is 0 Å². The van der Waals surface area contributed by atoms with Crippen molar-refractivity contribution in [2.75, 3.05) is 0 Å². The molecule has 76 valence electrons. The van der Waals surface area contributed by atoms with E-state index in [-0.39, 0.29) is 6.04 Å². The fraction of sp³-hybridized carbons (Fsp3) is 0.600. The van der Waals surface area contributed by atoms with Gasteiger partial charge in [-0.25, -0.2) is 9.67 Å². The van der Waals surface area contributed by atoms with Crippen LogP contribution in [0.3, 0.4) is 0 Å². The van der Waals surface area contributed by atoms with Crippen molar-refractivity contribution in [3.05, 3.63) is 12.2 Å². The maximum Gasteiger partial charge on any atom is 0.140 e. The van der Waals surface area contributed by atoms with Gasteiger partial charge in [0.15, 0.2) is 0 Å². The molecule has 0 saturated heterocycles. The van der Waals surface area contributed by atoms with Gasteiger partial charge in [-0.1, -0.05) is 12.8 Å². The molecule has 1 aromatic rings. The maximum absolute atomic E-state index is 5.25. The maximum atomic E-state index is 5.25. The van der Waals surface area contributed by atoms with Crippen molar-refractivity contribution in [3.8, 4) is 12.3 Å². The topological polar surface area (TPSA) is 42.7 Å². The summed E-state index contributed by atoms with van der Waals surface area (Å²) in [6.07, 6.45) is 7.89. The van der Waals surface area contributed by atoms with Gasteiger partial charge in [-0.05, 0) is 13.3 Å². The van der Waals surface area contributed by atoms with Crippen LogP contribution in [0.15, 0.2) is 6.33 Å². The standard InChI is InChI=1S/C10H16N4/c1-4-6-14-10(12-8-13-14)7-11-9(3)5-2/h2,8-9,11H,4,6-7H2,1,3H3. The van der Waals surface area contributed by atoms with Crippen LogP contribution in [0.5, 0.6) is 0 Å². The normalized spacial score (nSPS) is 12.4. The third-order valence-electron chi connectivity index (χ3n) is 1.95. The molecule has 0 bridgehead atoms. The van der Waals surface area contributed by atoms with Gasteiger partial charge in [0.1, 0.15) is 12.2 Å². The van der Waals surface area contributed by atoms with Crippen molar-refractivity contribution in [3.63, 3.8) is 0 Å². The molecule has 0 amide bonds. The number of terminal acetylenes is 1. The SMILES string of the molecule is C#CC(C)NCc1ncnn1CCC. The first-order valence-corrected chi connectivity index (χ1v) is 4.84. The largest absolute Gasteiger partial charge is 0.297 e. The molecule has 1 rings (SSSR count). The van der Waals surface area contributed by atoms with E-state index in [0.29, 0.717) is 6.54 Å². The van der Waals surface area contributed by atoms with Crippen LogP contribution >= 0.6 is 0 Å². The molecular formula is C10H16N4. The molecule has 14 heavy (non-hydrogen) atoms. The quantitative estimate of drug-likeness (QED) is 0.702. The highest BCUT2D eigenvalue weighted by Gasteiger charge is 2.03. The first-order valence-electron chi connectivity index (χ1n) is 4.84. The Morgan fingerprint density at radius 1 is 1.71 bits per heavy atom. The van der Waals surface area contributed by atoms with E-state index in [1.54, 1.807) is 6.33 Å². The second kappa shape index (κ2) is 5.40. The van der Waals surface area contributed by atoms with Crippen LogP contribution in [-0.2, 0) is 13.1 Å². The van der Waals surface area contributed by atoms with E-state index in [1.807, 2.05) is 11.6 Å². The zero-order valence-electron chi connectivity index (χ0n) is 8.70. The Hall–Kier alpha value is -1.34. The number of aromatic nitrogens is 3. The molecule has 0 spiro atoms. The third-order valence-corrected chi connectivity index (χ3v) is 1.95. The second-order valence-electron chi connectivity index (χ2n) is 3.17. The van der Waals surface area contributed by atoms with E-state index in [1.165, 1.54) is 0 Å². The number of rotatable bonds is 5. The van der Waals surface area contributed by atoms with Crippen LogP contribution in [0.1, 0.15) is 26.1 Å². The zero-order valence-corrected chi connectivity index (χ0v) is 8.70. The lowest BCUT2D eigenvalue weighted by Crippen LogP contribution is -2.25. The van der Waals surface area contributed by atoms with Crippen molar-refractivity contribution in [1.29, 1.82) is 0 Å². The van der Waals surface area contributed by atoms with Crippen molar-refractivity contribution in [1.82, 2.24) is 20.1 Å². The van der Waals surface area contributed by atoms with Crippen LogP contribution in [0.2, 0.25) is 0 Å². The number of nitrogens with zero attached hydrogens (tertiary/aromatic N) is 3. The molecule has 1 heterocycles. The highest BCUT2D eigenvalue weighted by Crippen LogP contribution is 1.96. The summed E-state index contributed by atoms with van der Waals surface area (Å²) in [6, 6.07) is 0.0711. The summed E-state index contributed by atoms with van der Waals surface area (Å²) in [4.78, 5) is 4.16. The van der Waals surface area contributed by atoms with Gasteiger partial charge in [-0.2, -0.15) is 5.10 Å². The molecule has 0 radical (unpaired) electrons. The highest BCUT2D eigenvalue weighted by atomic mass is 15.3. The molecule has 1 aromatic heterocycles. The molecule has 0 aromatic carbocycles. The van der Waals surface area contributed by atoms with Crippen LogP contribution in [0, 0.1) is 12.3 Å². The van der Waals surface area contributed by atoms with Crippen molar-refractivity contribution < 1.29 is 0 Å². The Bertz CT molecular complexity index is 310. The molecule has 0 aliphatic heterocycles. The molecule has 4 heteroatoms. The number of nitrogens with one attached hydrogen (secondary N) is 1. The molecule has 1 unspecified atom stereocenters. The summed E-state index contributed by atoms with van der Waals surface area (Å²) in [5.74, 6) is 3.55. The lowest BCUT2D eigenvalue weighted by molar-refractivity contribution is 0.534. The van der Waals surface area contributed by atoms with Crippen LogP contribution in [-0.4, -0.2) is 20.8 Å². The lowest BCUT2D eigenvalue weighted by Gasteiger charge is -2.07. The smallest absolute Gasteiger partial charge is 0.140 e. The van der Waals surface area contributed by atoms with Gasteiger partial charge in [0, 0.05) is 6.54 Å². The van der Waals surface area contributed by atoms with E-state index < -0.39 is 0 Å². The molecular weight excluding hydrogens is 176 g/mol. The Kier molecular flexibility index (Phi) is 4.14. The Morgan fingerprint density at radius 2 is 2.50 bits per heavy atom. The van der Waals surface area contributed by atoms with Crippen molar-refractivity contribution >= 4 is 0 Å². The predicted octanol–water partition coefficient (Wildman–Crippen LogP) is 0.799. The van der Waals surface area contributed by atoms with E-state index in [9.17, 15) is 0 Å². The van der Waals surface area contributed by atoms with Gasteiger partial charge in [0.2, 0.25) is 0 Å². The van der Waals surface area contributed by atoms with Crippen LogP contribution < -0.4 is 5.32 Å². The summed E-state index contributed by atoms with van der Waals surface area (Å²) in [6.45, 7) is 5.64. The predicted molar refractivity (Wildman–Crippen MR) is 55.4 cm³/mol. The number of hydrogen-bond donors (Lipinski definition) is 1. The summed E-state index contributed by atoms with van der Waals surface area (Å²) in [5.41, 5.74) is 0. The van der Waals surface area contributed by atoms with Crippen LogP contribution in [0.25, 0.3) is 0 Å². The van der Waals surface area contributed by atoms with Crippen molar-refractivity contribution in [2.45, 2.75) is 39.4 Å². The minimum Gasteiger partial charge on any atom is -0.297 e. The summed E-state index contributed by atoms with van der Waals surface area (Å²) < 4.78 is 1.90. The molecule has 1 atom stereocenters. The van der Waals surface area contributed by atoms with E-state index in [0.717, 1.165) is 18.8 Å². The lowest BCUT2D eigenvalue weighted by atomic mass is 10.3. The Morgan fingerprint density at radius 3 is 3.14 bits per heavy atom. The monoisotopic (exact) mass is 192 g/mol. The molecule has 0 aliphatic rings. The van der Waals surface area contributed by atoms with Gasteiger partial charge in [-0.3, -0.25) is 5.32 Å². The molecule has 0 fully saturated rings. The molecule has 0 saturated carbocycles. The number of aryl methyl sites for hydroxylation is 1. The summed E-state index contributed by atoms with van der Waals surface area (Å²) in [5, 5.41) is 7.30. The molecule has 0 aliphatic carbocycles. The first-order chi connectivity index (χ1) is 6.77. The Labute approximate surface area is 84.7 Å². The van der Waals surface area contributed by atoms with Gasteiger partial charge >= 0.3 is 0 Å². The minimum atomic E-state index is 0.0711. The van der Waals surface area contributed by atoms with E-state index in [4.69, 9.17) is 6.42 Å². The number of hydrogen-bond acceptors (Lipinski definition) is 3. The summed E-state index contributed by atoms with van der Waals surface area (Å²) >= 11 is 0. The first kappa shape index (κ1) is 10.7. The van der Waals surface area contributed by atoms with E-state index in [2.05, 4.69) is 28.2 Å². The molecule has 4 nitrogen and oxygen atoms in total. The minimum absolute atomic E-state index is 0.0711. The van der Waals surface area contributed by atoms with Gasteiger partial charge < -0.3 is 0 Å². The second-order valence-corrected chi connectivity index (χ2v) is 3.17. The average Bonchev–Trinajstić information content (AvgIpc) is 2.62. The Balaban J connectivity index is 2.50. The molecule has 1 N–H and O–H groups in total. The van der Waals surface area contributed by atoms with Crippen molar-refractivity contribution in [2.24, 2.45) is 0 Å². The third kappa shape index (κ3) is 2.86. The fourth-order valence-electron chi connectivity index (χ4n) is 1.13.